The molecule has 0 saturated heterocycles. The normalized spacial score (nSPS) is 8.89. The summed E-state index contributed by atoms with van der Waals surface area (Å²) in [5.41, 5.74) is 1.74. The zero-order valence-electron chi connectivity index (χ0n) is 4.14. The van der Waals surface area contributed by atoms with E-state index in [0.717, 1.165) is 6.20 Å². The van der Waals surface area contributed by atoms with Crippen molar-refractivity contribution in [2.75, 3.05) is 5.43 Å². The molecule has 0 fully saturated rings. The molecule has 9 heavy (non-hydrogen) atoms. The van der Waals surface area contributed by atoms with Crippen molar-refractivity contribution in [3.05, 3.63) is 16.3 Å². The van der Waals surface area contributed by atoms with Gasteiger partial charge < -0.3 is 0 Å². The third kappa shape index (κ3) is 1.37. The van der Waals surface area contributed by atoms with E-state index in [2.05, 4.69) is 14.9 Å². The highest BCUT2D eigenvalue weighted by Crippen LogP contribution is 1.95. The second-order valence-corrected chi connectivity index (χ2v) is 1.16. The van der Waals surface area contributed by atoms with Gasteiger partial charge >= 0.3 is 0 Å². The molecule has 0 aliphatic heterocycles. The summed E-state index contributed by atoms with van der Waals surface area (Å²) >= 11 is 0. The van der Waals surface area contributed by atoms with Gasteiger partial charge in [0, 0.05) is 0 Å². The van der Waals surface area contributed by atoms with Crippen LogP contribution in [-0.2, 0) is 0 Å². The first-order valence-corrected chi connectivity index (χ1v) is 1.97. The fourth-order valence-electron chi connectivity index (χ4n) is 0.307. The molecule has 0 unspecified atom stereocenters. The fourth-order valence-corrected chi connectivity index (χ4v) is 0.307. The molecule has 7 heteroatoms. The Labute approximate surface area is 48.7 Å². The summed E-state index contributed by atoms with van der Waals surface area (Å²) in [5, 5.41) is 15.1. The lowest BCUT2D eigenvalue weighted by atomic mass is 10.8. The molecule has 0 bridgehead atoms. The maximum atomic E-state index is 9.65. The van der Waals surface area contributed by atoms with Crippen LogP contribution in [-0.4, -0.2) is 15.3 Å². The lowest BCUT2D eigenvalue weighted by Gasteiger charge is -1.83. The van der Waals surface area contributed by atoms with Crippen molar-refractivity contribution < 1.29 is 9.66 Å². The lowest BCUT2D eigenvalue weighted by molar-refractivity contribution is -0.445. The maximum Gasteiger partial charge on any atom is 0.253 e. The monoisotopic (exact) mass is 130 g/mol. The largest absolute Gasteiger partial charge is 0.253 e. The molecular weight excluding hydrogens is 128 g/mol. The quantitative estimate of drug-likeness (QED) is 0.435. The Kier molecular flexibility index (Phi) is 1.26. The molecule has 7 nitrogen and oxygen atoms in total. The Morgan fingerprint density at radius 3 is 3.11 bits per heavy atom. The van der Waals surface area contributed by atoms with Crippen molar-refractivity contribution in [3.8, 4) is 0 Å². The predicted octanol–water partition coefficient (Wildman–Crippen LogP) is -0.327. The van der Waals surface area contributed by atoms with Gasteiger partial charge in [0.2, 0.25) is 0 Å². The number of hydrazine groups is 1. The van der Waals surface area contributed by atoms with Crippen LogP contribution < -0.4 is 5.43 Å². The van der Waals surface area contributed by atoms with Crippen LogP contribution in [0, 0.1) is 10.1 Å². The summed E-state index contributed by atoms with van der Waals surface area (Å²) in [6, 6.07) is 0. The molecule has 0 aliphatic rings. The highest BCUT2D eigenvalue weighted by Gasteiger charge is 2.00. The average Bonchev–Trinajstić information content (AvgIpc) is 2.15. The van der Waals surface area contributed by atoms with Crippen LogP contribution >= 0.6 is 0 Å². The minimum absolute atomic E-state index is 0.0139. The second kappa shape index (κ2) is 2.07. The minimum Gasteiger partial charge on any atom is -0.242 e. The molecular formula is C2H2N4O3. The van der Waals surface area contributed by atoms with Gasteiger partial charge in [-0.25, -0.2) is 14.7 Å². The van der Waals surface area contributed by atoms with Crippen molar-refractivity contribution in [1.82, 2.24) is 10.3 Å². The topological polar surface area (TPSA) is 94.1 Å². The standard InChI is InChI=1S/C2H2N4O3/c7-6(8)4-2-1-3-9-5-2/h1H,(H,4,5). The van der Waals surface area contributed by atoms with Crippen LogP contribution in [0.15, 0.2) is 10.8 Å². The van der Waals surface area contributed by atoms with Gasteiger partial charge in [-0.1, -0.05) is 10.6 Å². The van der Waals surface area contributed by atoms with Crippen LogP contribution in [0.25, 0.3) is 0 Å². The van der Waals surface area contributed by atoms with E-state index >= 15 is 0 Å². The molecule has 0 saturated carbocycles. The number of anilines is 1. The van der Waals surface area contributed by atoms with E-state index in [1.165, 1.54) is 0 Å². The molecule has 1 rings (SSSR count). The zero-order chi connectivity index (χ0) is 6.69. The van der Waals surface area contributed by atoms with Crippen LogP contribution in [0.1, 0.15) is 0 Å². The van der Waals surface area contributed by atoms with Gasteiger partial charge in [0.15, 0.2) is 5.03 Å². The number of hydrogen-bond donors (Lipinski definition) is 1. The van der Waals surface area contributed by atoms with Crippen LogP contribution in [0.3, 0.4) is 0 Å². The number of nitrogens with one attached hydrogen (secondary N) is 1. The van der Waals surface area contributed by atoms with Crippen LogP contribution in [0.5, 0.6) is 0 Å². The second-order valence-electron chi connectivity index (χ2n) is 1.16. The number of rotatable bonds is 2. The van der Waals surface area contributed by atoms with E-state index in [9.17, 15) is 10.1 Å². The number of nitro groups is 1. The molecule has 0 spiro atoms. The summed E-state index contributed by atoms with van der Waals surface area (Å²) in [6.07, 6.45) is 1.10. The van der Waals surface area contributed by atoms with Gasteiger partial charge in [-0.05, 0) is 5.16 Å². The zero-order valence-corrected chi connectivity index (χ0v) is 4.14. The molecule has 0 amide bonds. The van der Waals surface area contributed by atoms with Crippen molar-refractivity contribution in [2.24, 2.45) is 0 Å². The predicted molar refractivity (Wildman–Crippen MR) is 24.9 cm³/mol. The van der Waals surface area contributed by atoms with E-state index in [0.29, 0.717) is 0 Å². The Morgan fingerprint density at radius 1 is 1.89 bits per heavy atom. The third-order valence-corrected chi connectivity index (χ3v) is 0.567. The van der Waals surface area contributed by atoms with Gasteiger partial charge in [0.25, 0.3) is 5.82 Å². The Bertz CT molecular complexity index is 194. The molecule has 1 aromatic rings. The Hall–Kier alpha value is -1.66. The van der Waals surface area contributed by atoms with Crippen molar-refractivity contribution in [1.29, 1.82) is 0 Å². The SMILES string of the molecule is O=[N+]([O-])Nc1cnon1. The minimum atomic E-state index is -0.750. The van der Waals surface area contributed by atoms with Gasteiger partial charge in [-0.3, -0.25) is 0 Å². The molecule has 0 atom stereocenters. The maximum absolute atomic E-state index is 9.65. The first-order valence-electron chi connectivity index (χ1n) is 1.97. The molecule has 1 N–H and O–H groups in total. The molecule has 1 heterocycles. The summed E-state index contributed by atoms with van der Waals surface area (Å²) in [4.78, 5) is 9.65. The van der Waals surface area contributed by atoms with Gasteiger partial charge in [0.1, 0.15) is 6.20 Å². The number of hydrogen-bond acceptors (Lipinski definition) is 5. The summed E-state index contributed by atoms with van der Waals surface area (Å²) in [5.74, 6) is -0.0139. The smallest absolute Gasteiger partial charge is 0.242 e. The molecule has 0 aromatic carbocycles. The summed E-state index contributed by atoms with van der Waals surface area (Å²) in [6.45, 7) is 0. The highest BCUT2D eigenvalue weighted by atomic mass is 16.7. The van der Waals surface area contributed by atoms with E-state index in [1.807, 2.05) is 0 Å². The van der Waals surface area contributed by atoms with Gasteiger partial charge in [-0.2, -0.15) is 0 Å². The highest BCUT2D eigenvalue weighted by molar-refractivity contribution is 5.23. The number of aromatic nitrogens is 2. The van der Waals surface area contributed by atoms with Gasteiger partial charge in [-0.15, -0.1) is 0 Å². The van der Waals surface area contributed by atoms with E-state index in [-0.39, 0.29) is 5.82 Å². The number of nitrogens with zero attached hydrogens (tertiary/aromatic N) is 3. The molecule has 1 aromatic heterocycles. The molecule has 48 valence electrons. The molecule has 0 aliphatic carbocycles. The summed E-state index contributed by atoms with van der Waals surface area (Å²) in [7, 11) is 0. The third-order valence-electron chi connectivity index (χ3n) is 0.567. The molecule has 0 radical (unpaired) electrons. The van der Waals surface area contributed by atoms with Crippen molar-refractivity contribution >= 4 is 5.82 Å². The van der Waals surface area contributed by atoms with Crippen molar-refractivity contribution in [2.45, 2.75) is 0 Å². The average molecular weight is 130 g/mol. The van der Waals surface area contributed by atoms with E-state index in [4.69, 9.17) is 0 Å². The van der Waals surface area contributed by atoms with Crippen LogP contribution in [0.2, 0.25) is 0 Å². The first-order chi connectivity index (χ1) is 4.29. The van der Waals surface area contributed by atoms with Crippen molar-refractivity contribution in [3.63, 3.8) is 0 Å². The first kappa shape index (κ1) is 5.48. The fraction of sp³-hybridized carbons (Fsp3) is 0. The lowest BCUT2D eigenvalue weighted by Crippen LogP contribution is -2.07. The Balaban J connectivity index is 2.58. The van der Waals surface area contributed by atoms with E-state index < -0.39 is 5.03 Å². The van der Waals surface area contributed by atoms with Gasteiger partial charge in [0.05, 0.1) is 0 Å². The Morgan fingerprint density at radius 2 is 2.67 bits per heavy atom. The van der Waals surface area contributed by atoms with E-state index in [1.54, 1.807) is 5.43 Å². The van der Waals surface area contributed by atoms with Crippen LogP contribution in [0.4, 0.5) is 5.82 Å². The summed E-state index contributed by atoms with van der Waals surface area (Å²) < 4.78 is 4.05.